The topological polar surface area (TPSA) is 71.1 Å². The Bertz CT molecular complexity index is 474. The molecule has 1 rings (SSSR count). The number of rotatable bonds is 8. The van der Waals surface area contributed by atoms with E-state index >= 15 is 0 Å². The van der Waals surface area contributed by atoms with Gasteiger partial charge in [-0.2, -0.15) is 11.8 Å². The molecule has 1 aromatic rings. The van der Waals surface area contributed by atoms with Crippen molar-refractivity contribution in [1.29, 1.82) is 0 Å². The normalized spacial score (nSPS) is 13.4. The van der Waals surface area contributed by atoms with Gasteiger partial charge in [0.25, 0.3) is 10.0 Å². The van der Waals surface area contributed by atoms with Gasteiger partial charge in [-0.25, -0.2) is 18.1 Å². The van der Waals surface area contributed by atoms with Crippen LogP contribution in [0.25, 0.3) is 0 Å². The zero-order valence-corrected chi connectivity index (χ0v) is 13.1. The lowest BCUT2D eigenvalue weighted by Crippen LogP contribution is -2.33. The average molecular weight is 303 g/mol. The number of hydrogen-bond donors (Lipinski definition) is 2. The summed E-state index contributed by atoms with van der Waals surface area (Å²) in [6, 6.07) is 3.22. The number of hydrogen-bond acceptors (Lipinski definition) is 5. The third kappa shape index (κ3) is 5.48. The van der Waals surface area contributed by atoms with Crippen LogP contribution in [0, 0.1) is 0 Å². The Morgan fingerprint density at radius 1 is 1.42 bits per heavy atom. The molecule has 1 heterocycles. The molecule has 7 heteroatoms. The highest BCUT2D eigenvalue weighted by atomic mass is 32.2. The lowest BCUT2D eigenvalue weighted by molar-refractivity contribution is 0.553. The van der Waals surface area contributed by atoms with E-state index in [0.29, 0.717) is 6.54 Å². The Morgan fingerprint density at radius 3 is 2.68 bits per heavy atom. The molecule has 5 nitrogen and oxygen atoms in total. The molecule has 0 aliphatic carbocycles. The summed E-state index contributed by atoms with van der Waals surface area (Å²) in [6.07, 6.45) is 4.39. The van der Waals surface area contributed by atoms with E-state index < -0.39 is 10.0 Å². The van der Waals surface area contributed by atoms with Gasteiger partial charge < -0.3 is 5.32 Å². The zero-order chi connectivity index (χ0) is 14.3. The lowest BCUT2D eigenvalue weighted by Gasteiger charge is -2.13. The molecular weight excluding hydrogens is 282 g/mol. The number of sulfonamides is 1. The summed E-state index contributed by atoms with van der Waals surface area (Å²) >= 11 is 1.70. The van der Waals surface area contributed by atoms with Crippen molar-refractivity contribution >= 4 is 21.8 Å². The van der Waals surface area contributed by atoms with Crippen LogP contribution in [-0.2, 0) is 16.6 Å². The number of nitrogens with zero attached hydrogens (tertiary/aromatic N) is 1. The van der Waals surface area contributed by atoms with Crippen LogP contribution in [0.4, 0.5) is 0 Å². The first-order chi connectivity index (χ1) is 8.99. The third-order valence-corrected chi connectivity index (χ3v) is 4.71. The van der Waals surface area contributed by atoms with E-state index in [4.69, 9.17) is 0 Å². The summed E-state index contributed by atoms with van der Waals surface area (Å²) in [6.45, 7) is 2.54. The van der Waals surface area contributed by atoms with Gasteiger partial charge in [-0.05, 0) is 44.0 Å². The molecule has 0 spiro atoms. The van der Waals surface area contributed by atoms with Gasteiger partial charge in [0.05, 0.1) is 0 Å². The van der Waals surface area contributed by atoms with E-state index in [0.717, 1.165) is 17.7 Å². The van der Waals surface area contributed by atoms with Crippen molar-refractivity contribution in [2.75, 3.05) is 19.1 Å². The van der Waals surface area contributed by atoms with Crippen molar-refractivity contribution in [2.24, 2.45) is 0 Å². The summed E-state index contributed by atoms with van der Waals surface area (Å²) in [5, 5.41) is 3.06. The SMILES string of the molecule is CNCc1ccc(S(=O)(=O)NC(C)CCSC)nc1. The smallest absolute Gasteiger partial charge is 0.258 e. The predicted octanol–water partition coefficient (Wildman–Crippen LogP) is 1.22. The highest BCUT2D eigenvalue weighted by Crippen LogP contribution is 2.09. The van der Waals surface area contributed by atoms with Gasteiger partial charge in [0.1, 0.15) is 0 Å². The first-order valence-electron chi connectivity index (χ1n) is 6.10. The largest absolute Gasteiger partial charge is 0.316 e. The monoisotopic (exact) mass is 303 g/mol. The Hall–Kier alpha value is -0.630. The molecule has 0 saturated heterocycles. The van der Waals surface area contributed by atoms with Gasteiger partial charge >= 0.3 is 0 Å². The maximum atomic E-state index is 12.1. The van der Waals surface area contributed by atoms with Gasteiger partial charge in [-0.15, -0.1) is 0 Å². The van der Waals surface area contributed by atoms with Crippen molar-refractivity contribution in [2.45, 2.75) is 31.0 Å². The van der Waals surface area contributed by atoms with Gasteiger partial charge in [0.15, 0.2) is 5.03 Å². The molecule has 0 aromatic carbocycles. The van der Waals surface area contributed by atoms with Crippen LogP contribution in [-0.4, -0.2) is 38.5 Å². The molecule has 1 aromatic heterocycles. The van der Waals surface area contributed by atoms with Crippen molar-refractivity contribution in [3.63, 3.8) is 0 Å². The molecule has 0 bridgehead atoms. The van der Waals surface area contributed by atoms with Crippen LogP contribution in [0.5, 0.6) is 0 Å². The molecule has 0 amide bonds. The molecule has 0 aliphatic heterocycles. The maximum absolute atomic E-state index is 12.1. The number of thioether (sulfide) groups is 1. The van der Waals surface area contributed by atoms with E-state index in [1.807, 2.05) is 20.2 Å². The minimum atomic E-state index is -3.51. The molecule has 1 atom stereocenters. The van der Waals surface area contributed by atoms with Gasteiger partial charge in [-0.3, -0.25) is 0 Å². The van der Waals surface area contributed by atoms with Crippen LogP contribution in [0.1, 0.15) is 18.9 Å². The third-order valence-electron chi connectivity index (χ3n) is 2.57. The molecule has 1 unspecified atom stereocenters. The van der Waals surface area contributed by atoms with Crippen LogP contribution >= 0.6 is 11.8 Å². The highest BCUT2D eigenvalue weighted by Gasteiger charge is 2.18. The second kappa shape index (κ2) is 7.84. The standard InChI is InChI=1S/C12H21N3O2S2/c1-10(6-7-18-3)15-19(16,17)12-5-4-11(8-13-2)9-14-12/h4-5,9-10,13,15H,6-8H2,1-3H3. The fourth-order valence-corrected chi connectivity index (χ4v) is 3.35. The number of aromatic nitrogens is 1. The van der Waals surface area contributed by atoms with Crippen LogP contribution in [0.2, 0.25) is 0 Å². The second-order valence-electron chi connectivity index (χ2n) is 4.34. The van der Waals surface area contributed by atoms with Gasteiger partial charge in [0, 0.05) is 18.8 Å². The van der Waals surface area contributed by atoms with Gasteiger partial charge in [0.2, 0.25) is 0 Å². The van der Waals surface area contributed by atoms with Gasteiger partial charge in [-0.1, -0.05) is 6.07 Å². The number of pyridine rings is 1. The quantitative estimate of drug-likeness (QED) is 0.755. The maximum Gasteiger partial charge on any atom is 0.258 e. The van der Waals surface area contributed by atoms with Crippen LogP contribution in [0.15, 0.2) is 23.4 Å². The fourth-order valence-electron chi connectivity index (χ4n) is 1.56. The minimum Gasteiger partial charge on any atom is -0.316 e. The predicted molar refractivity (Wildman–Crippen MR) is 79.8 cm³/mol. The Morgan fingerprint density at radius 2 is 2.16 bits per heavy atom. The molecule has 108 valence electrons. The minimum absolute atomic E-state index is 0.0726. The average Bonchev–Trinajstić information content (AvgIpc) is 2.37. The van der Waals surface area contributed by atoms with Crippen LogP contribution < -0.4 is 10.0 Å². The molecule has 0 fully saturated rings. The summed E-state index contributed by atoms with van der Waals surface area (Å²) in [7, 11) is -1.68. The summed E-state index contributed by atoms with van der Waals surface area (Å²) in [4.78, 5) is 4.01. The highest BCUT2D eigenvalue weighted by molar-refractivity contribution is 7.98. The summed E-state index contributed by atoms with van der Waals surface area (Å²) in [5.74, 6) is 0.929. The Kier molecular flexibility index (Phi) is 6.78. The van der Waals surface area contributed by atoms with E-state index in [1.165, 1.54) is 6.07 Å². The molecule has 0 radical (unpaired) electrons. The molecule has 0 saturated carbocycles. The zero-order valence-electron chi connectivity index (χ0n) is 11.5. The Balaban J connectivity index is 2.71. The summed E-state index contributed by atoms with van der Waals surface area (Å²) < 4.78 is 26.8. The first kappa shape index (κ1) is 16.4. The fraction of sp³-hybridized carbons (Fsp3) is 0.583. The molecule has 2 N–H and O–H groups in total. The van der Waals surface area contributed by atoms with Crippen molar-refractivity contribution in [3.8, 4) is 0 Å². The van der Waals surface area contributed by atoms with Crippen molar-refractivity contribution in [3.05, 3.63) is 23.9 Å². The van der Waals surface area contributed by atoms with E-state index in [2.05, 4.69) is 15.0 Å². The first-order valence-corrected chi connectivity index (χ1v) is 8.98. The van der Waals surface area contributed by atoms with E-state index in [9.17, 15) is 8.42 Å². The molecule has 19 heavy (non-hydrogen) atoms. The number of nitrogens with one attached hydrogen (secondary N) is 2. The van der Waals surface area contributed by atoms with E-state index in [1.54, 1.807) is 24.0 Å². The summed E-state index contributed by atoms with van der Waals surface area (Å²) in [5.41, 5.74) is 0.955. The van der Waals surface area contributed by atoms with Crippen molar-refractivity contribution < 1.29 is 8.42 Å². The van der Waals surface area contributed by atoms with Crippen LogP contribution in [0.3, 0.4) is 0 Å². The molecule has 0 aliphatic rings. The lowest BCUT2D eigenvalue weighted by atomic mass is 10.3. The second-order valence-corrected chi connectivity index (χ2v) is 6.99. The van der Waals surface area contributed by atoms with E-state index in [-0.39, 0.29) is 11.1 Å². The van der Waals surface area contributed by atoms with Crippen molar-refractivity contribution in [1.82, 2.24) is 15.0 Å². The molecular formula is C12H21N3O2S2. The Labute approximate surface area is 119 Å².